The van der Waals surface area contributed by atoms with Crippen LogP contribution in [0.3, 0.4) is 0 Å². The smallest absolute Gasteiger partial charge is 0.410 e. The molecule has 0 saturated carbocycles. The molecule has 0 saturated heterocycles. The minimum absolute atomic E-state index is 0.154. The maximum atomic E-state index is 11.8. The minimum atomic E-state index is -0.494. The number of anilines is 1. The van der Waals surface area contributed by atoms with Crippen LogP contribution >= 0.6 is 11.3 Å². The Kier molecular flexibility index (Phi) is 3.98. The average molecular weight is 257 g/mol. The second kappa shape index (κ2) is 4.91. The molecule has 2 N–H and O–H groups in total. The fraction of sp³-hybridized carbons (Fsp3) is 0.636. The van der Waals surface area contributed by atoms with E-state index in [2.05, 4.69) is 4.98 Å². The topological polar surface area (TPSA) is 68.5 Å². The lowest BCUT2D eigenvalue weighted by atomic mass is 10.2. The fourth-order valence-electron chi connectivity index (χ4n) is 1.18. The summed E-state index contributed by atoms with van der Waals surface area (Å²) in [7, 11) is 1.69. The number of aromatic nitrogens is 1. The number of carbonyl (C=O) groups is 1. The van der Waals surface area contributed by atoms with Gasteiger partial charge in [0.15, 0.2) is 5.13 Å². The molecule has 1 aromatic rings. The van der Waals surface area contributed by atoms with Gasteiger partial charge in [-0.2, -0.15) is 0 Å². The highest BCUT2D eigenvalue weighted by molar-refractivity contribution is 7.13. The van der Waals surface area contributed by atoms with Crippen molar-refractivity contribution in [1.29, 1.82) is 0 Å². The quantitative estimate of drug-likeness (QED) is 0.884. The van der Waals surface area contributed by atoms with Crippen molar-refractivity contribution < 1.29 is 9.53 Å². The van der Waals surface area contributed by atoms with Gasteiger partial charge in [0.1, 0.15) is 5.60 Å². The van der Waals surface area contributed by atoms with Crippen LogP contribution in [0.25, 0.3) is 0 Å². The Balaban J connectivity index is 2.70. The Morgan fingerprint density at radius 3 is 2.59 bits per heavy atom. The molecule has 0 aliphatic heterocycles. The van der Waals surface area contributed by atoms with E-state index in [1.165, 1.54) is 16.2 Å². The Bertz CT molecular complexity index is 398. The first kappa shape index (κ1) is 13.8. The van der Waals surface area contributed by atoms with Crippen molar-refractivity contribution in [3.63, 3.8) is 0 Å². The molecule has 1 rings (SSSR count). The van der Waals surface area contributed by atoms with Crippen molar-refractivity contribution in [2.45, 2.75) is 39.3 Å². The summed E-state index contributed by atoms with van der Waals surface area (Å²) in [5, 5.41) is 2.35. The highest BCUT2D eigenvalue weighted by atomic mass is 32.1. The summed E-state index contributed by atoms with van der Waals surface area (Å²) >= 11 is 1.36. The van der Waals surface area contributed by atoms with Crippen LogP contribution in [-0.4, -0.2) is 28.6 Å². The third-order valence-electron chi connectivity index (χ3n) is 2.23. The molecule has 1 unspecified atom stereocenters. The molecule has 1 amide bonds. The molecular weight excluding hydrogens is 238 g/mol. The summed E-state index contributed by atoms with van der Waals surface area (Å²) in [5.41, 5.74) is 5.85. The molecule has 0 aromatic carbocycles. The molecule has 5 nitrogen and oxygen atoms in total. The Labute approximate surface area is 106 Å². The van der Waals surface area contributed by atoms with E-state index in [9.17, 15) is 4.79 Å². The van der Waals surface area contributed by atoms with Crippen molar-refractivity contribution in [1.82, 2.24) is 9.88 Å². The van der Waals surface area contributed by atoms with E-state index in [0.29, 0.717) is 5.13 Å². The van der Waals surface area contributed by atoms with E-state index in [0.717, 1.165) is 5.69 Å². The first-order chi connectivity index (χ1) is 7.70. The Morgan fingerprint density at radius 1 is 1.59 bits per heavy atom. The average Bonchev–Trinajstić information content (AvgIpc) is 2.60. The lowest BCUT2D eigenvalue weighted by Crippen LogP contribution is -2.35. The van der Waals surface area contributed by atoms with Crippen molar-refractivity contribution in [2.24, 2.45) is 0 Å². The monoisotopic (exact) mass is 257 g/mol. The highest BCUT2D eigenvalue weighted by Crippen LogP contribution is 2.23. The van der Waals surface area contributed by atoms with Gasteiger partial charge in [-0.15, -0.1) is 11.3 Å². The van der Waals surface area contributed by atoms with Crippen LogP contribution in [0.5, 0.6) is 0 Å². The number of thiazole rings is 1. The summed E-state index contributed by atoms with van der Waals surface area (Å²) in [4.78, 5) is 17.5. The summed E-state index contributed by atoms with van der Waals surface area (Å²) in [6.07, 6.45) is -0.364. The van der Waals surface area contributed by atoms with E-state index < -0.39 is 5.60 Å². The summed E-state index contributed by atoms with van der Waals surface area (Å²) in [5.74, 6) is 0. The largest absolute Gasteiger partial charge is 0.444 e. The van der Waals surface area contributed by atoms with E-state index >= 15 is 0 Å². The minimum Gasteiger partial charge on any atom is -0.444 e. The molecule has 1 atom stereocenters. The van der Waals surface area contributed by atoms with Gasteiger partial charge in [0.05, 0.1) is 11.7 Å². The van der Waals surface area contributed by atoms with Crippen LogP contribution in [0, 0.1) is 0 Å². The Morgan fingerprint density at radius 2 is 2.18 bits per heavy atom. The highest BCUT2D eigenvalue weighted by Gasteiger charge is 2.24. The van der Waals surface area contributed by atoms with Crippen LogP contribution in [-0.2, 0) is 4.74 Å². The number of carbonyl (C=O) groups excluding carboxylic acids is 1. The number of amides is 1. The van der Waals surface area contributed by atoms with Gasteiger partial charge >= 0.3 is 6.09 Å². The maximum Gasteiger partial charge on any atom is 0.410 e. The molecule has 0 bridgehead atoms. The predicted octanol–water partition coefficient (Wildman–Crippen LogP) is 2.65. The number of nitrogens with two attached hydrogens (primary N) is 1. The van der Waals surface area contributed by atoms with Crippen molar-refractivity contribution in [2.75, 3.05) is 12.8 Å². The zero-order valence-corrected chi connectivity index (χ0v) is 11.7. The van der Waals surface area contributed by atoms with E-state index in [1.807, 2.05) is 33.1 Å². The number of nitrogen functional groups attached to an aromatic ring is 1. The second-order valence-corrected chi connectivity index (χ2v) is 5.77. The first-order valence-corrected chi connectivity index (χ1v) is 6.25. The van der Waals surface area contributed by atoms with Gasteiger partial charge < -0.3 is 15.4 Å². The molecule has 0 spiro atoms. The number of rotatable bonds is 2. The van der Waals surface area contributed by atoms with Crippen LogP contribution in [0.15, 0.2) is 5.38 Å². The molecule has 0 radical (unpaired) electrons. The molecule has 0 aliphatic rings. The third-order valence-corrected chi connectivity index (χ3v) is 2.92. The summed E-state index contributed by atoms with van der Waals surface area (Å²) in [6, 6.07) is -0.154. The normalized spacial score (nSPS) is 13.2. The SMILES string of the molecule is CC(c1csc(N)n1)N(C)C(=O)OC(C)(C)C. The van der Waals surface area contributed by atoms with Crippen molar-refractivity contribution >= 4 is 22.6 Å². The molecule has 96 valence electrons. The van der Waals surface area contributed by atoms with E-state index in [4.69, 9.17) is 10.5 Å². The Hall–Kier alpha value is -1.30. The van der Waals surface area contributed by atoms with Gasteiger partial charge in [0, 0.05) is 12.4 Å². The lowest BCUT2D eigenvalue weighted by molar-refractivity contribution is 0.0231. The number of nitrogens with zero attached hydrogens (tertiary/aromatic N) is 2. The van der Waals surface area contributed by atoms with Crippen LogP contribution in [0.4, 0.5) is 9.93 Å². The van der Waals surface area contributed by atoms with Gasteiger partial charge in [-0.05, 0) is 27.7 Å². The lowest BCUT2D eigenvalue weighted by Gasteiger charge is -2.27. The van der Waals surface area contributed by atoms with Gasteiger partial charge in [-0.1, -0.05) is 0 Å². The van der Waals surface area contributed by atoms with Crippen LogP contribution in [0.2, 0.25) is 0 Å². The molecule has 17 heavy (non-hydrogen) atoms. The third kappa shape index (κ3) is 3.89. The molecule has 1 aromatic heterocycles. The van der Waals surface area contributed by atoms with E-state index in [-0.39, 0.29) is 12.1 Å². The van der Waals surface area contributed by atoms with Crippen molar-refractivity contribution in [3.8, 4) is 0 Å². The predicted molar refractivity (Wildman–Crippen MR) is 68.9 cm³/mol. The van der Waals surface area contributed by atoms with Crippen LogP contribution in [0.1, 0.15) is 39.4 Å². The van der Waals surface area contributed by atoms with Gasteiger partial charge in [-0.3, -0.25) is 0 Å². The number of ether oxygens (including phenoxy) is 1. The van der Waals surface area contributed by atoms with Gasteiger partial charge in [0.2, 0.25) is 0 Å². The standard InChI is InChI=1S/C11H19N3O2S/c1-7(8-6-17-9(12)13-8)14(5)10(15)16-11(2,3)4/h6-7H,1-5H3,(H2,12,13). The number of hydrogen-bond donors (Lipinski definition) is 1. The zero-order valence-electron chi connectivity index (χ0n) is 10.9. The summed E-state index contributed by atoms with van der Waals surface area (Å²) in [6.45, 7) is 7.40. The first-order valence-electron chi connectivity index (χ1n) is 5.37. The molecule has 0 aliphatic carbocycles. The molecule has 0 fully saturated rings. The van der Waals surface area contributed by atoms with Gasteiger partial charge in [0.25, 0.3) is 0 Å². The molecular formula is C11H19N3O2S. The van der Waals surface area contributed by atoms with E-state index in [1.54, 1.807) is 7.05 Å². The molecule has 1 heterocycles. The summed E-state index contributed by atoms with van der Waals surface area (Å²) < 4.78 is 5.28. The number of hydrogen-bond acceptors (Lipinski definition) is 5. The second-order valence-electron chi connectivity index (χ2n) is 4.88. The fourth-order valence-corrected chi connectivity index (χ4v) is 1.83. The van der Waals surface area contributed by atoms with Crippen LogP contribution < -0.4 is 5.73 Å². The zero-order chi connectivity index (χ0) is 13.2. The van der Waals surface area contributed by atoms with Crippen molar-refractivity contribution in [3.05, 3.63) is 11.1 Å². The molecule has 6 heteroatoms. The van der Waals surface area contributed by atoms with Gasteiger partial charge in [-0.25, -0.2) is 9.78 Å². The maximum absolute atomic E-state index is 11.8.